The lowest BCUT2D eigenvalue weighted by Gasteiger charge is -2.10. The summed E-state index contributed by atoms with van der Waals surface area (Å²) in [5.74, 6) is 0. The highest BCUT2D eigenvalue weighted by Gasteiger charge is 2.06. The maximum atomic E-state index is 10.7. The van der Waals surface area contributed by atoms with E-state index in [1.54, 1.807) is 36.4 Å². The van der Waals surface area contributed by atoms with Gasteiger partial charge in [-0.3, -0.25) is 10.1 Å². The number of hydrogen-bond donors (Lipinski definition) is 3. The maximum absolute atomic E-state index is 10.7. The molecule has 0 aliphatic heterocycles. The summed E-state index contributed by atoms with van der Waals surface area (Å²) in [7, 11) is 0. The molecule has 0 fully saturated rings. The van der Waals surface area contributed by atoms with Crippen LogP contribution in [0.2, 0.25) is 0 Å². The molecule has 0 amide bonds. The molecule has 0 aliphatic carbocycles. The van der Waals surface area contributed by atoms with E-state index >= 15 is 0 Å². The highest BCUT2D eigenvalue weighted by molar-refractivity contribution is 7.80. The fourth-order valence-electron chi connectivity index (χ4n) is 1.56. The van der Waals surface area contributed by atoms with E-state index in [-0.39, 0.29) is 5.69 Å². The zero-order chi connectivity index (χ0) is 14.5. The summed E-state index contributed by atoms with van der Waals surface area (Å²) < 4.78 is 0. The van der Waals surface area contributed by atoms with Crippen LogP contribution < -0.4 is 16.4 Å². The van der Waals surface area contributed by atoms with Crippen molar-refractivity contribution >= 4 is 40.1 Å². The highest BCUT2D eigenvalue weighted by Crippen LogP contribution is 2.17. The molecule has 102 valence electrons. The Kier molecular flexibility index (Phi) is 4.11. The Morgan fingerprint density at radius 3 is 2.40 bits per heavy atom. The van der Waals surface area contributed by atoms with E-state index in [0.29, 0.717) is 16.5 Å². The Hall–Kier alpha value is -2.67. The van der Waals surface area contributed by atoms with E-state index in [4.69, 9.17) is 18.0 Å². The van der Waals surface area contributed by atoms with Gasteiger partial charge in [0.15, 0.2) is 5.11 Å². The molecule has 2 rings (SSSR count). The third kappa shape index (κ3) is 3.66. The van der Waals surface area contributed by atoms with Gasteiger partial charge in [-0.2, -0.15) is 0 Å². The molecule has 0 atom stereocenters. The van der Waals surface area contributed by atoms with E-state index in [0.717, 1.165) is 5.69 Å². The first-order chi connectivity index (χ1) is 9.54. The highest BCUT2D eigenvalue weighted by atomic mass is 32.1. The Bertz CT molecular complexity index is 643. The normalized spacial score (nSPS) is 9.80. The molecular weight excluding hydrogens is 276 g/mol. The molecule has 0 saturated carbocycles. The van der Waals surface area contributed by atoms with Crippen LogP contribution >= 0.6 is 12.2 Å². The number of benzene rings is 2. The van der Waals surface area contributed by atoms with Gasteiger partial charge in [0, 0.05) is 29.2 Å². The largest absolute Gasteiger partial charge is 0.399 e. The van der Waals surface area contributed by atoms with Gasteiger partial charge in [-0.1, -0.05) is 6.07 Å². The van der Waals surface area contributed by atoms with Gasteiger partial charge >= 0.3 is 0 Å². The lowest BCUT2D eigenvalue weighted by molar-refractivity contribution is -0.384. The molecule has 7 heteroatoms. The Morgan fingerprint density at radius 1 is 1.10 bits per heavy atom. The van der Waals surface area contributed by atoms with Gasteiger partial charge in [0.2, 0.25) is 0 Å². The summed E-state index contributed by atoms with van der Waals surface area (Å²) >= 11 is 5.14. The minimum atomic E-state index is -0.457. The number of anilines is 3. The van der Waals surface area contributed by atoms with Crippen molar-refractivity contribution in [2.45, 2.75) is 0 Å². The second-order valence-corrected chi connectivity index (χ2v) is 4.42. The number of nitro groups is 1. The quantitative estimate of drug-likeness (QED) is 0.348. The van der Waals surface area contributed by atoms with Crippen molar-refractivity contribution in [2.24, 2.45) is 0 Å². The third-order valence-corrected chi connectivity index (χ3v) is 2.69. The SMILES string of the molecule is Nc1ccc(NC(=S)Nc2cccc([N+](=O)[O-])c2)cc1. The van der Waals surface area contributed by atoms with Gasteiger partial charge in [-0.25, -0.2) is 0 Å². The molecule has 4 N–H and O–H groups in total. The van der Waals surface area contributed by atoms with Gasteiger partial charge in [-0.15, -0.1) is 0 Å². The number of nitrogens with one attached hydrogen (secondary N) is 2. The van der Waals surface area contributed by atoms with Gasteiger partial charge in [0.25, 0.3) is 5.69 Å². The second kappa shape index (κ2) is 5.98. The van der Waals surface area contributed by atoms with E-state index in [2.05, 4.69) is 10.6 Å². The van der Waals surface area contributed by atoms with Crippen molar-refractivity contribution in [1.29, 1.82) is 0 Å². The van der Waals surface area contributed by atoms with Crippen molar-refractivity contribution in [3.05, 3.63) is 58.6 Å². The van der Waals surface area contributed by atoms with Gasteiger partial charge < -0.3 is 16.4 Å². The first kappa shape index (κ1) is 13.8. The number of nitrogens with two attached hydrogens (primary N) is 1. The maximum Gasteiger partial charge on any atom is 0.271 e. The minimum absolute atomic E-state index is 0.00489. The second-order valence-electron chi connectivity index (χ2n) is 4.01. The Morgan fingerprint density at radius 2 is 1.75 bits per heavy atom. The molecule has 0 spiro atoms. The van der Waals surface area contributed by atoms with Crippen LogP contribution in [0.25, 0.3) is 0 Å². The molecule has 0 aromatic heterocycles. The zero-order valence-electron chi connectivity index (χ0n) is 10.4. The summed E-state index contributed by atoms with van der Waals surface area (Å²) in [6.45, 7) is 0. The van der Waals surface area contributed by atoms with Crippen LogP contribution in [0.5, 0.6) is 0 Å². The number of thiocarbonyl (C=S) groups is 1. The van der Waals surface area contributed by atoms with Crippen LogP contribution in [0.3, 0.4) is 0 Å². The summed E-state index contributed by atoms with van der Waals surface area (Å²) in [5, 5.41) is 16.9. The molecule has 0 radical (unpaired) electrons. The summed E-state index contributed by atoms with van der Waals surface area (Å²) in [4.78, 5) is 10.2. The van der Waals surface area contributed by atoms with E-state index < -0.39 is 4.92 Å². The van der Waals surface area contributed by atoms with E-state index in [1.807, 2.05) is 0 Å². The van der Waals surface area contributed by atoms with Crippen molar-refractivity contribution in [1.82, 2.24) is 0 Å². The van der Waals surface area contributed by atoms with Crippen LogP contribution in [0, 0.1) is 10.1 Å². The van der Waals surface area contributed by atoms with Crippen molar-refractivity contribution in [3.63, 3.8) is 0 Å². The van der Waals surface area contributed by atoms with Crippen LogP contribution in [-0.4, -0.2) is 10.0 Å². The van der Waals surface area contributed by atoms with Gasteiger partial charge in [0.05, 0.1) is 4.92 Å². The topological polar surface area (TPSA) is 93.2 Å². The van der Waals surface area contributed by atoms with Crippen LogP contribution in [0.15, 0.2) is 48.5 Å². The van der Waals surface area contributed by atoms with Crippen molar-refractivity contribution < 1.29 is 4.92 Å². The standard InChI is InChI=1S/C13H12N4O2S/c14-9-4-6-10(7-5-9)15-13(20)16-11-2-1-3-12(8-11)17(18)19/h1-8H,14H2,(H2,15,16,20). The average molecular weight is 288 g/mol. The van der Waals surface area contributed by atoms with Crippen molar-refractivity contribution in [3.8, 4) is 0 Å². The molecule has 0 aliphatic rings. The average Bonchev–Trinajstić information content (AvgIpc) is 2.41. The predicted molar refractivity (Wildman–Crippen MR) is 83.8 cm³/mol. The molecule has 6 nitrogen and oxygen atoms in total. The first-order valence-corrected chi connectivity index (χ1v) is 6.13. The Labute approximate surface area is 120 Å². The van der Waals surface area contributed by atoms with Gasteiger partial charge in [-0.05, 0) is 42.5 Å². The van der Waals surface area contributed by atoms with E-state index in [9.17, 15) is 10.1 Å². The number of hydrogen-bond acceptors (Lipinski definition) is 4. The summed E-state index contributed by atoms with van der Waals surface area (Å²) in [5.41, 5.74) is 7.58. The monoisotopic (exact) mass is 288 g/mol. The number of non-ortho nitro benzene ring substituents is 1. The molecule has 20 heavy (non-hydrogen) atoms. The van der Waals surface area contributed by atoms with Crippen LogP contribution in [-0.2, 0) is 0 Å². The lowest BCUT2D eigenvalue weighted by Crippen LogP contribution is -2.19. The Balaban J connectivity index is 2.02. The molecular formula is C13H12N4O2S. The fraction of sp³-hybridized carbons (Fsp3) is 0. The van der Waals surface area contributed by atoms with Crippen molar-refractivity contribution in [2.75, 3.05) is 16.4 Å². The number of nitrogen functional groups attached to an aromatic ring is 1. The van der Waals surface area contributed by atoms with E-state index in [1.165, 1.54) is 12.1 Å². The third-order valence-electron chi connectivity index (χ3n) is 2.48. The molecule has 0 saturated heterocycles. The van der Waals surface area contributed by atoms with Crippen LogP contribution in [0.4, 0.5) is 22.7 Å². The number of nitro benzene ring substituents is 1. The molecule has 2 aromatic carbocycles. The smallest absolute Gasteiger partial charge is 0.271 e. The predicted octanol–water partition coefficient (Wildman–Crippen LogP) is 2.99. The lowest BCUT2D eigenvalue weighted by atomic mass is 10.3. The zero-order valence-corrected chi connectivity index (χ0v) is 11.2. The molecule has 0 bridgehead atoms. The molecule has 0 unspecified atom stereocenters. The fourth-order valence-corrected chi connectivity index (χ4v) is 1.79. The van der Waals surface area contributed by atoms with Crippen LogP contribution in [0.1, 0.15) is 0 Å². The summed E-state index contributed by atoms with van der Waals surface area (Å²) in [6, 6.07) is 13.2. The summed E-state index contributed by atoms with van der Waals surface area (Å²) in [6.07, 6.45) is 0. The molecule has 2 aromatic rings. The molecule has 0 heterocycles. The number of rotatable bonds is 3. The van der Waals surface area contributed by atoms with Gasteiger partial charge in [0.1, 0.15) is 0 Å². The first-order valence-electron chi connectivity index (χ1n) is 5.72. The minimum Gasteiger partial charge on any atom is -0.399 e. The number of nitrogens with zero attached hydrogens (tertiary/aromatic N) is 1.